The number of ether oxygens (including phenoxy) is 1. The molecule has 0 radical (unpaired) electrons. The number of nitrogens with zero attached hydrogens (tertiary/aromatic N) is 1. The standard InChI is InChI=1S/C19H20F3NO2S/c1-23-8-6-12(7-9-23)18-17-14(19(20,21)22)11-26(24)16(17)10-13-4-2-3-5-15(13)25-18/h2-5,11-12,18H,6-10H2,1H3. The second-order valence-electron chi connectivity index (χ2n) is 7.13. The summed E-state index contributed by atoms with van der Waals surface area (Å²) < 4.78 is 59.7. The Bertz CT molecular complexity index is 807. The van der Waals surface area contributed by atoms with Gasteiger partial charge in [-0.3, -0.25) is 0 Å². The Morgan fingerprint density at radius 2 is 1.88 bits per heavy atom. The molecule has 2 atom stereocenters. The lowest BCUT2D eigenvalue weighted by molar-refractivity contribution is -0.0909. The van der Waals surface area contributed by atoms with Gasteiger partial charge in [-0.1, -0.05) is 18.2 Å². The van der Waals surface area contributed by atoms with Gasteiger partial charge in [0.25, 0.3) is 0 Å². The molecule has 0 amide bonds. The fourth-order valence-corrected chi connectivity index (χ4v) is 5.35. The van der Waals surface area contributed by atoms with Crippen LogP contribution >= 0.6 is 0 Å². The van der Waals surface area contributed by atoms with Crippen LogP contribution < -0.4 is 4.74 Å². The quantitative estimate of drug-likeness (QED) is 0.739. The van der Waals surface area contributed by atoms with E-state index in [1.807, 2.05) is 25.2 Å². The molecule has 0 aliphatic carbocycles. The molecule has 3 aliphatic rings. The number of fused-ring (bicyclic) bond motifs is 1. The van der Waals surface area contributed by atoms with Gasteiger partial charge < -0.3 is 9.64 Å². The second kappa shape index (κ2) is 6.53. The molecule has 2 unspecified atom stereocenters. The van der Waals surface area contributed by atoms with Crippen molar-refractivity contribution in [2.75, 3.05) is 20.1 Å². The molecule has 0 aromatic heterocycles. The van der Waals surface area contributed by atoms with Crippen LogP contribution in [-0.4, -0.2) is 41.5 Å². The second-order valence-corrected chi connectivity index (χ2v) is 8.45. The molecule has 4 rings (SSSR count). The van der Waals surface area contributed by atoms with E-state index in [9.17, 15) is 17.4 Å². The molecule has 1 aromatic carbocycles. The van der Waals surface area contributed by atoms with Crippen LogP contribution in [-0.2, 0) is 17.2 Å². The zero-order valence-corrected chi connectivity index (χ0v) is 15.2. The van der Waals surface area contributed by atoms with E-state index < -0.39 is 28.7 Å². The minimum atomic E-state index is -4.53. The summed E-state index contributed by atoms with van der Waals surface area (Å²) in [4.78, 5) is 2.52. The Balaban J connectivity index is 1.81. The van der Waals surface area contributed by atoms with E-state index >= 15 is 0 Å². The third kappa shape index (κ3) is 3.11. The summed E-state index contributed by atoms with van der Waals surface area (Å²) >= 11 is 0. The molecular weight excluding hydrogens is 363 g/mol. The van der Waals surface area contributed by atoms with Crippen LogP contribution in [0.1, 0.15) is 18.4 Å². The average Bonchev–Trinajstić information content (AvgIpc) is 2.82. The maximum absolute atomic E-state index is 13.7. The number of alkyl halides is 3. The number of halogens is 3. The van der Waals surface area contributed by atoms with E-state index in [2.05, 4.69) is 4.90 Å². The molecule has 3 aliphatic heterocycles. The third-order valence-electron chi connectivity index (χ3n) is 5.42. The van der Waals surface area contributed by atoms with Gasteiger partial charge in [0.05, 0.1) is 16.4 Å². The largest absolute Gasteiger partial charge is 0.485 e. The minimum absolute atomic E-state index is 0.0248. The van der Waals surface area contributed by atoms with Gasteiger partial charge in [-0.15, -0.1) is 0 Å². The molecular formula is C19H20F3NO2S. The van der Waals surface area contributed by atoms with Crippen molar-refractivity contribution in [3.8, 4) is 5.75 Å². The lowest BCUT2D eigenvalue weighted by atomic mass is 9.84. The van der Waals surface area contributed by atoms with Crippen molar-refractivity contribution in [1.29, 1.82) is 0 Å². The molecule has 26 heavy (non-hydrogen) atoms. The van der Waals surface area contributed by atoms with E-state index in [4.69, 9.17) is 4.74 Å². The molecule has 0 spiro atoms. The Hall–Kier alpha value is -1.60. The van der Waals surface area contributed by atoms with Gasteiger partial charge in [0.2, 0.25) is 0 Å². The summed E-state index contributed by atoms with van der Waals surface area (Å²) in [6.07, 6.45) is -3.48. The van der Waals surface area contributed by atoms with Crippen molar-refractivity contribution in [2.24, 2.45) is 5.92 Å². The minimum Gasteiger partial charge on any atom is -0.485 e. The number of hydrogen-bond acceptors (Lipinski definition) is 3. The summed E-state index contributed by atoms with van der Waals surface area (Å²) in [5.41, 5.74) is 0.129. The Morgan fingerprint density at radius 3 is 2.58 bits per heavy atom. The van der Waals surface area contributed by atoms with Gasteiger partial charge in [-0.05, 0) is 44.6 Å². The molecule has 140 valence electrons. The van der Waals surface area contributed by atoms with Crippen molar-refractivity contribution < 1.29 is 22.1 Å². The first-order valence-electron chi connectivity index (χ1n) is 8.70. The molecule has 0 N–H and O–H groups in total. The Labute approximate surface area is 153 Å². The summed E-state index contributed by atoms with van der Waals surface area (Å²) in [6.45, 7) is 1.64. The first-order valence-corrected chi connectivity index (χ1v) is 9.92. The van der Waals surface area contributed by atoms with Crippen LogP contribution in [0.15, 0.2) is 45.7 Å². The maximum Gasteiger partial charge on any atom is 0.417 e. The van der Waals surface area contributed by atoms with Crippen molar-refractivity contribution in [3.05, 3.63) is 51.3 Å². The molecule has 1 aromatic rings. The number of para-hydroxylation sites is 1. The highest BCUT2D eigenvalue weighted by molar-refractivity contribution is 7.92. The zero-order chi connectivity index (χ0) is 18.5. The Kier molecular flexibility index (Phi) is 4.47. The molecule has 3 heterocycles. The fourth-order valence-electron chi connectivity index (χ4n) is 3.99. The highest BCUT2D eigenvalue weighted by Gasteiger charge is 2.47. The lowest BCUT2D eigenvalue weighted by Gasteiger charge is -2.35. The highest BCUT2D eigenvalue weighted by Crippen LogP contribution is 2.47. The zero-order valence-electron chi connectivity index (χ0n) is 14.4. The Morgan fingerprint density at radius 1 is 1.19 bits per heavy atom. The van der Waals surface area contributed by atoms with E-state index in [0.717, 1.165) is 36.9 Å². The van der Waals surface area contributed by atoms with Gasteiger partial charge in [0.15, 0.2) is 0 Å². The SMILES string of the molecule is CN1CCC(C2Oc3ccccc3CC3=C2C(C(F)(F)F)=CS3=O)CC1. The first kappa shape index (κ1) is 17.8. The lowest BCUT2D eigenvalue weighted by Crippen LogP contribution is -2.40. The van der Waals surface area contributed by atoms with Crippen LogP contribution in [0, 0.1) is 5.92 Å². The maximum atomic E-state index is 13.7. The number of likely N-dealkylation sites (tertiary alicyclic amines) is 1. The van der Waals surface area contributed by atoms with Crippen LogP contribution in [0.5, 0.6) is 5.75 Å². The van der Waals surface area contributed by atoms with Crippen molar-refractivity contribution in [2.45, 2.75) is 31.5 Å². The normalized spacial score (nSPS) is 27.5. The fraction of sp³-hybridized carbons (Fsp3) is 0.474. The molecule has 0 bridgehead atoms. The van der Waals surface area contributed by atoms with E-state index in [0.29, 0.717) is 10.7 Å². The average molecular weight is 383 g/mol. The van der Waals surface area contributed by atoms with Crippen LogP contribution in [0.3, 0.4) is 0 Å². The van der Waals surface area contributed by atoms with Crippen LogP contribution in [0.25, 0.3) is 0 Å². The molecule has 0 saturated carbocycles. The van der Waals surface area contributed by atoms with Crippen LogP contribution in [0.2, 0.25) is 0 Å². The number of benzene rings is 1. The van der Waals surface area contributed by atoms with Gasteiger partial charge in [0.1, 0.15) is 11.9 Å². The number of piperidine rings is 1. The van der Waals surface area contributed by atoms with Crippen LogP contribution in [0.4, 0.5) is 13.2 Å². The van der Waals surface area contributed by atoms with Crippen molar-refractivity contribution >= 4 is 10.8 Å². The number of rotatable bonds is 1. The van der Waals surface area contributed by atoms with Crippen molar-refractivity contribution in [1.82, 2.24) is 4.90 Å². The summed E-state index contributed by atoms with van der Waals surface area (Å²) in [6, 6.07) is 7.27. The predicted octanol–water partition coefficient (Wildman–Crippen LogP) is 3.79. The summed E-state index contributed by atoms with van der Waals surface area (Å²) in [5.74, 6) is 0.576. The van der Waals surface area contributed by atoms with Gasteiger partial charge >= 0.3 is 6.18 Å². The monoisotopic (exact) mass is 383 g/mol. The van der Waals surface area contributed by atoms with Gasteiger partial charge in [-0.2, -0.15) is 13.2 Å². The van der Waals surface area contributed by atoms with E-state index in [1.165, 1.54) is 0 Å². The smallest absolute Gasteiger partial charge is 0.417 e. The molecule has 1 saturated heterocycles. The van der Waals surface area contributed by atoms with E-state index in [1.54, 1.807) is 6.07 Å². The summed E-state index contributed by atoms with van der Waals surface area (Å²) in [5, 5.41) is 0.865. The van der Waals surface area contributed by atoms with Gasteiger partial charge in [-0.25, -0.2) is 4.21 Å². The molecule has 7 heteroatoms. The summed E-state index contributed by atoms with van der Waals surface area (Å²) in [7, 11) is 0.251. The predicted molar refractivity (Wildman–Crippen MR) is 94.1 cm³/mol. The topological polar surface area (TPSA) is 29.5 Å². The first-order chi connectivity index (χ1) is 12.3. The van der Waals surface area contributed by atoms with Crippen molar-refractivity contribution in [3.63, 3.8) is 0 Å². The molecule has 1 fully saturated rings. The molecule has 3 nitrogen and oxygen atoms in total. The van der Waals surface area contributed by atoms with E-state index in [-0.39, 0.29) is 17.9 Å². The number of hydrogen-bond donors (Lipinski definition) is 0. The number of allylic oxidation sites excluding steroid dienone is 1. The van der Waals surface area contributed by atoms with Gasteiger partial charge in [0, 0.05) is 28.2 Å². The highest BCUT2D eigenvalue weighted by atomic mass is 32.2. The third-order valence-corrected chi connectivity index (χ3v) is 6.72.